The van der Waals surface area contributed by atoms with E-state index in [0.29, 0.717) is 6.07 Å². The van der Waals surface area contributed by atoms with Gasteiger partial charge in [-0.15, -0.1) is 0 Å². The molecular weight excluding hydrogens is 255 g/mol. The molecule has 0 radical (unpaired) electrons. The molecule has 0 unspecified atom stereocenters. The fraction of sp³-hybridized carbons (Fsp3) is 0.125. The molecule has 1 aromatic carbocycles. The van der Waals surface area contributed by atoms with Gasteiger partial charge in [0.1, 0.15) is 0 Å². The van der Waals surface area contributed by atoms with Crippen LogP contribution in [-0.4, -0.2) is 20.4 Å². The highest BCUT2D eigenvalue weighted by atomic mass is 19.4. The quantitative estimate of drug-likeness (QED) is 0.597. The van der Waals surface area contributed by atoms with Crippen molar-refractivity contribution in [2.24, 2.45) is 0 Å². The fourth-order valence-electron chi connectivity index (χ4n) is 1.33. The molecule has 0 N–H and O–H groups in total. The van der Waals surface area contributed by atoms with Crippen LogP contribution < -0.4 is 5.10 Å². The number of aromatic nitrogens is 4. The number of nitrogens with zero attached hydrogens (tertiary/aromatic N) is 5. The zero-order chi connectivity index (χ0) is 13.3. The standard InChI is InChI=1S/C8H3F3N5O2/c9-8(10,11)6-3-4(16(17)18)1-2-5(6)7-12-14-15-13-7/h1-3H/q-1. The number of halogens is 3. The Morgan fingerprint density at radius 3 is 2.56 bits per heavy atom. The van der Waals surface area contributed by atoms with E-state index in [-0.39, 0.29) is 5.82 Å². The molecule has 94 valence electrons. The van der Waals surface area contributed by atoms with Crippen LogP contribution in [-0.2, 0) is 6.18 Å². The molecule has 1 heterocycles. The van der Waals surface area contributed by atoms with Crippen molar-refractivity contribution in [2.75, 3.05) is 0 Å². The van der Waals surface area contributed by atoms with Crippen molar-refractivity contribution in [1.82, 2.24) is 20.6 Å². The van der Waals surface area contributed by atoms with Crippen molar-refractivity contribution in [2.45, 2.75) is 6.18 Å². The zero-order valence-corrected chi connectivity index (χ0v) is 8.42. The molecule has 0 fully saturated rings. The van der Waals surface area contributed by atoms with Crippen molar-refractivity contribution >= 4 is 5.69 Å². The maximum atomic E-state index is 12.8. The summed E-state index contributed by atoms with van der Waals surface area (Å²) in [6.45, 7) is 0. The predicted molar refractivity (Wildman–Crippen MR) is 50.2 cm³/mol. The van der Waals surface area contributed by atoms with Crippen molar-refractivity contribution in [3.05, 3.63) is 33.9 Å². The minimum Gasteiger partial charge on any atom is -0.330 e. The number of nitro groups is 1. The lowest BCUT2D eigenvalue weighted by Crippen LogP contribution is -2.08. The number of alkyl halides is 3. The van der Waals surface area contributed by atoms with Crippen LogP contribution in [0.1, 0.15) is 5.56 Å². The molecule has 0 saturated carbocycles. The number of hydrogen-bond donors (Lipinski definition) is 0. The van der Waals surface area contributed by atoms with Crippen molar-refractivity contribution in [3.8, 4) is 11.4 Å². The van der Waals surface area contributed by atoms with E-state index in [1.54, 1.807) is 0 Å². The third kappa shape index (κ3) is 2.12. The van der Waals surface area contributed by atoms with Gasteiger partial charge in [-0.05, 0) is 6.07 Å². The highest BCUT2D eigenvalue weighted by Gasteiger charge is 2.35. The predicted octanol–water partition coefficient (Wildman–Crippen LogP) is 1.42. The van der Waals surface area contributed by atoms with Gasteiger partial charge in [-0.2, -0.15) is 18.4 Å². The Morgan fingerprint density at radius 2 is 2.06 bits per heavy atom. The molecule has 0 aliphatic carbocycles. The van der Waals surface area contributed by atoms with Crippen LogP contribution in [0, 0.1) is 10.1 Å². The molecule has 7 nitrogen and oxygen atoms in total. The highest BCUT2D eigenvalue weighted by molar-refractivity contribution is 5.63. The van der Waals surface area contributed by atoms with Crippen LogP contribution in [0.3, 0.4) is 0 Å². The Morgan fingerprint density at radius 1 is 1.33 bits per heavy atom. The first-order valence-electron chi connectivity index (χ1n) is 4.44. The van der Waals surface area contributed by atoms with E-state index in [4.69, 9.17) is 0 Å². The summed E-state index contributed by atoms with van der Waals surface area (Å²) in [7, 11) is 0. The summed E-state index contributed by atoms with van der Waals surface area (Å²) < 4.78 is 38.3. The number of hydrogen-bond acceptors (Lipinski definition) is 5. The van der Waals surface area contributed by atoms with Gasteiger partial charge >= 0.3 is 6.18 Å². The second-order valence-corrected chi connectivity index (χ2v) is 3.19. The molecule has 18 heavy (non-hydrogen) atoms. The molecule has 0 saturated heterocycles. The monoisotopic (exact) mass is 258 g/mol. The molecule has 0 aliphatic rings. The summed E-state index contributed by atoms with van der Waals surface area (Å²) in [6, 6.07) is 2.27. The van der Waals surface area contributed by atoms with Crippen molar-refractivity contribution in [3.63, 3.8) is 0 Å². The lowest BCUT2D eigenvalue weighted by atomic mass is 10.1. The van der Waals surface area contributed by atoms with Gasteiger partial charge in [0, 0.05) is 23.5 Å². The second kappa shape index (κ2) is 4.05. The largest absolute Gasteiger partial charge is 0.417 e. The van der Waals surface area contributed by atoms with E-state index in [0.717, 1.165) is 12.1 Å². The smallest absolute Gasteiger partial charge is 0.330 e. The topological polar surface area (TPSA) is 95.9 Å². The van der Waals surface area contributed by atoms with Gasteiger partial charge in [0.15, 0.2) is 0 Å². The third-order valence-corrected chi connectivity index (χ3v) is 2.08. The van der Waals surface area contributed by atoms with E-state index in [1.807, 2.05) is 0 Å². The minimum absolute atomic E-state index is 0.336. The molecular formula is C8H3F3N5O2-. The van der Waals surface area contributed by atoms with Crippen molar-refractivity contribution < 1.29 is 18.1 Å². The summed E-state index contributed by atoms with van der Waals surface area (Å²) in [5.74, 6) is -0.336. The Kier molecular flexibility index (Phi) is 2.69. The lowest BCUT2D eigenvalue weighted by molar-refractivity contribution is -0.385. The SMILES string of the molecule is O=[N+]([O-])c1ccc(-c2nnn[n-]2)c(C(F)(F)F)c1. The van der Waals surface area contributed by atoms with Gasteiger partial charge in [-0.3, -0.25) is 20.4 Å². The Bertz CT molecular complexity index is 581. The molecule has 0 atom stereocenters. The Labute approximate surface area is 96.8 Å². The maximum absolute atomic E-state index is 12.8. The average molecular weight is 258 g/mol. The maximum Gasteiger partial charge on any atom is 0.417 e. The van der Waals surface area contributed by atoms with Gasteiger partial charge in [0.2, 0.25) is 0 Å². The number of benzene rings is 1. The third-order valence-electron chi connectivity index (χ3n) is 2.08. The van der Waals surface area contributed by atoms with E-state index in [1.165, 1.54) is 0 Å². The minimum atomic E-state index is -4.76. The molecule has 0 amide bonds. The van der Waals surface area contributed by atoms with Crippen LogP contribution in [0.5, 0.6) is 0 Å². The highest BCUT2D eigenvalue weighted by Crippen LogP contribution is 2.37. The number of non-ortho nitro benzene ring substituents is 1. The summed E-state index contributed by atoms with van der Waals surface area (Å²) in [4.78, 5) is 9.54. The number of nitro benzene ring substituents is 1. The van der Waals surface area contributed by atoms with Gasteiger partial charge in [-0.25, -0.2) is 0 Å². The zero-order valence-electron chi connectivity index (χ0n) is 8.42. The Hall–Kier alpha value is -2.52. The van der Waals surface area contributed by atoms with Gasteiger partial charge < -0.3 is 5.10 Å². The molecule has 0 bridgehead atoms. The van der Waals surface area contributed by atoms with Gasteiger partial charge in [0.25, 0.3) is 5.69 Å². The van der Waals surface area contributed by atoms with Crippen LogP contribution in [0.4, 0.5) is 18.9 Å². The number of tetrazole rings is 1. The van der Waals surface area contributed by atoms with Gasteiger partial charge in [0.05, 0.1) is 10.5 Å². The molecule has 0 aliphatic heterocycles. The van der Waals surface area contributed by atoms with Crippen LogP contribution in [0.15, 0.2) is 18.2 Å². The molecule has 0 spiro atoms. The summed E-state index contributed by atoms with van der Waals surface area (Å²) in [6.07, 6.45) is -4.76. The van der Waals surface area contributed by atoms with Gasteiger partial charge in [-0.1, -0.05) is 0 Å². The normalized spacial score (nSPS) is 11.5. The molecule has 10 heteroatoms. The summed E-state index contributed by atoms with van der Waals surface area (Å²) >= 11 is 0. The first-order chi connectivity index (χ1) is 8.39. The molecule has 2 aromatic rings. The number of rotatable bonds is 2. The van der Waals surface area contributed by atoms with Crippen LogP contribution in [0.2, 0.25) is 0 Å². The summed E-state index contributed by atoms with van der Waals surface area (Å²) in [5.41, 5.74) is -2.27. The Balaban J connectivity index is 2.64. The van der Waals surface area contributed by atoms with E-state index in [9.17, 15) is 23.3 Å². The van der Waals surface area contributed by atoms with Crippen LogP contribution in [0.25, 0.3) is 11.4 Å². The van der Waals surface area contributed by atoms with Crippen LogP contribution >= 0.6 is 0 Å². The van der Waals surface area contributed by atoms with E-state index in [2.05, 4.69) is 20.6 Å². The fourth-order valence-corrected chi connectivity index (χ4v) is 1.33. The summed E-state index contributed by atoms with van der Waals surface area (Å²) in [5, 5.41) is 23.2. The molecule has 1 aromatic heterocycles. The first-order valence-corrected chi connectivity index (χ1v) is 4.44. The average Bonchev–Trinajstić information content (AvgIpc) is 2.80. The van der Waals surface area contributed by atoms with Crippen molar-refractivity contribution in [1.29, 1.82) is 0 Å². The lowest BCUT2D eigenvalue weighted by Gasteiger charge is -2.12. The first kappa shape index (κ1) is 12.0. The molecule has 2 rings (SSSR count). The van der Waals surface area contributed by atoms with E-state index >= 15 is 0 Å². The second-order valence-electron chi connectivity index (χ2n) is 3.19. The van der Waals surface area contributed by atoms with E-state index < -0.39 is 27.9 Å².